The molecule has 2 nitrogen and oxygen atoms in total. The van der Waals surface area contributed by atoms with Crippen molar-refractivity contribution in [3.63, 3.8) is 0 Å². The van der Waals surface area contributed by atoms with Crippen LogP contribution in [0.1, 0.15) is 45.4 Å². The van der Waals surface area contributed by atoms with E-state index in [1.807, 2.05) is 6.92 Å². The van der Waals surface area contributed by atoms with E-state index in [-0.39, 0.29) is 0 Å². The largest absolute Gasteiger partial charge is 0.310 e. The van der Waals surface area contributed by atoms with Crippen LogP contribution in [0.5, 0.6) is 0 Å². The molecule has 0 saturated heterocycles. The summed E-state index contributed by atoms with van der Waals surface area (Å²) in [5, 5.41) is 0. The van der Waals surface area contributed by atoms with Crippen molar-refractivity contribution in [1.82, 2.24) is 0 Å². The molecule has 0 fully saturated rings. The second-order valence-electron chi connectivity index (χ2n) is 3.96. The Morgan fingerprint density at radius 1 is 1.17 bits per heavy atom. The fraction of sp³-hybridized carbons (Fsp3) is 0.800. The maximum Gasteiger partial charge on any atom is 0.0829 e. The third-order valence-electron chi connectivity index (χ3n) is 2.48. The smallest absolute Gasteiger partial charge is 0.0829 e. The van der Waals surface area contributed by atoms with Crippen LogP contribution < -0.4 is 11.5 Å². The van der Waals surface area contributed by atoms with Gasteiger partial charge in [0.05, 0.1) is 5.66 Å². The van der Waals surface area contributed by atoms with Crippen molar-refractivity contribution >= 4 is 0 Å². The molecular formula is C10H20N2. The van der Waals surface area contributed by atoms with E-state index in [0.717, 1.165) is 12.8 Å². The standard InChI is InChI=1S/C10H20N2/c1-10(11,12)9-7-5-3-2-4-6-8-9/h7H,2-6,8,11-12H2,1H3/b9-7+. The molecule has 0 atom stereocenters. The van der Waals surface area contributed by atoms with Crippen LogP contribution in [-0.4, -0.2) is 5.66 Å². The van der Waals surface area contributed by atoms with Crippen molar-refractivity contribution in [2.24, 2.45) is 11.5 Å². The van der Waals surface area contributed by atoms with E-state index in [2.05, 4.69) is 6.08 Å². The Morgan fingerprint density at radius 3 is 2.50 bits per heavy atom. The number of hydrogen-bond acceptors (Lipinski definition) is 2. The first-order valence-electron chi connectivity index (χ1n) is 4.88. The maximum atomic E-state index is 5.84. The molecule has 0 aliphatic heterocycles. The monoisotopic (exact) mass is 168 g/mol. The van der Waals surface area contributed by atoms with E-state index in [1.165, 1.54) is 31.3 Å². The highest BCUT2D eigenvalue weighted by Crippen LogP contribution is 2.21. The van der Waals surface area contributed by atoms with Crippen LogP contribution in [-0.2, 0) is 0 Å². The Labute approximate surface area is 75.0 Å². The normalized spacial score (nSPS) is 25.4. The SMILES string of the molecule is CC(N)(N)/C1=C/CCCCCC1. The van der Waals surface area contributed by atoms with Gasteiger partial charge in [0.2, 0.25) is 0 Å². The fourth-order valence-corrected chi connectivity index (χ4v) is 1.68. The van der Waals surface area contributed by atoms with Gasteiger partial charge in [0.25, 0.3) is 0 Å². The molecule has 0 spiro atoms. The minimum absolute atomic E-state index is 0.586. The second kappa shape index (κ2) is 4.06. The molecule has 0 unspecified atom stereocenters. The van der Waals surface area contributed by atoms with E-state index in [0.29, 0.717) is 0 Å². The molecular weight excluding hydrogens is 148 g/mol. The zero-order valence-electron chi connectivity index (χ0n) is 7.97. The van der Waals surface area contributed by atoms with Crippen LogP contribution >= 0.6 is 0 Å². The summed E-state index contributed by atoms with van der Waals surface area (Å²) in [6.45, 7) is 1.89. The van der Waals surface area contributed by atoms with Crippen molar-refractivity contribution in [3.05, 3.63) is 11.6 Å². The molecule has 0 radical (unpaired) electrons. The molecule has 1 rings (SSSR count). The Morgan fingerprint density at radius 2 is 1.83 bits per heavy atom. The van der Waals surface area contributed by atoms with Crippen LogP contribution in [0.25, 0.3) is 0 Å². The van der Waals surface area contributed by atoms with Gasteiger partial charge in [-0.3, -0.25) is 0 Å². The molecule has 1 aliphatic carbocycles. The molecule has 0 aromatic rings. The first-order chi connectivity index (χ1) is 5.61. The highest BCUT2D eigenvalue weighted by Gasteiger charge is 2.17. The molecule has 12 heavy (non-hydrogen) atoms. The molecule has 0 bridgehead atoms. The second-order valence-corrected chi connectivity index (χ2v) is 3.96. The molecule has 4 N–H and O–H groups in total. The molecule has 1 aliphatic rings. The van der Waals surface area contributed by atoms with Crippen LogP contribution in [0, 0.1) is 0 Å². The van der Waals surface area contributed by atoms with Crippen molar-refractivity contribution in [2.45, 2.75) is 51.1 Å². The van der Waals surface area contributed by atoms with Gasteiger partial charge in [0, 0.05) is 0 Å². The van der Waals surface area contributed by atoms with Gasteiger partial charge in [0.1, 0.15) is 0 Å². The molecule has 2 heteroatoms. The van der Waals surface area contributed by atoms with Gasteiger partial charge < -0.3 is 11.5 Å². The van der Waals surface area contributed by atoms with Gasteiger partial charge >= 0.3 is 0 Å². The number of allylic oxidation sites excluding steroid dienone is 1. The van der Waals surface area contributed by atoms with Gasteiger partial charge in [-0.1, -0.05) is 18.9 Å². The minimum Gasteiger partial charge on any atom is -0.310 e. The third-order valence-corrected chi connectivity index (χ3v) is 2.48. The van der Waals surface area contributed by atoms with E-state index in [4.69, 9.17) is 11.5 Å². The summed E-state index contributed by atoms with van der Waals surface area (Å²) in [5.41, 5.74) is 12.3. The predicted molar refractivity (Wildman–Crippen MR) is 52.6 cm³/mol. The van der Waals surface area contributed by atoms with E-state index >= 15 is 0 Å². The van der Waals surface area contributed by atoms with E-state index in [1.54, 1.807) is 0 Å². The lowest BCUT2D eigenvalue weighted by Gasteiger charge is -2.24. The topological polar surface area (TPSA) is 52.0 Å². The zero-order valence-corrected chi connectivity index (χ0v) is 7.97. The fourth-order valence-electron chi connectivity index (χ4n) is 1.68. The number of hydrogen-bond donors (Lipinski definition) is 2. The Hall–Kier alpha value is -0.340. The summed E-state index contributed by atoms with van der Waals surface area (Å²) in [5.74, 6) is 0. The highest BCUT2D eigenvalue weighted by atomic mass is 14.9. The lowest BCUT2D eigenvalue weighted by atomic mass is 9.93. The van der Waals surface area contributed by atoms with Crippen LogP contribution in [0.15, 0.2) is 11.6 Å². The van der Waals surface area contributed by atoms with Gasteiger partial charge in [-0.25, -0.2) is 0 Å². The predicted octanol–water partition coefficient (Wildman–Crippen LogP) is 1.90. The van der Waals surface area contributed by atoms with Crippen molar-refractivity contribution in [1.29, 1.82) is 0 Å². The maximum absolute atomic E-state index is 5.84. The van der Waals surface area contributed by atoms with Crippen LogP contribution in [0.3, 0.4) is 0 Å². The van der Waals surface area contributed by atoms with Gasteiger partial charge in [-0.15, -0.1) is 0 Å². The summed E-state index contributed by atoms with van der Waals surface area (Å²) >= 11 is 0. The van der Waals surface area contributed by atoms with Crippen molar-refractivity contribution in [3.8, 4) is 0 Å². The van der Waals surface area contributed by atoms with Gasteiger partial charge in [-0.05, 0) is 38.2 Å². The van der Waals surface area contributed by atoms with E-state index < -0.39 is 5.66 Å². The Kier molecular flexibility index (Phi) is 3.29. The lowest BCUT2D eigenvalue weighted by Crippen LogP contribution is -2.48. The average Bonchev–Trinajstić information content (AvgIpc) is 1.81. The average molecular weight is 168 g/mol. The Bertz CT molecular complexity index is 165. The number of nitrogens with two attached hydrogens (primary N) is 2. The summed E-state index contributed by atoms with van der Waals surface area (Å²) in [4.78, 5) is 0. The zero-order chi connectivity index (χ0) is 9.03. The molecule has 0 aromatic carbocycles. The molecule has 0 saturated carbocycles. The first-order valence-corrected chi connectivity index (χ1v) is 4.88. The molecule has 0 heterocycles. The summed E-state index contributed by atoms with van der Waals surface area (Å²) in [6.07, 6.45) is 9.69. The van der Waals surface area contributed by atoms with Crippen molar-refractivity contribution in [2.75, 3.05) is 0 Å². The summed E-state index contributed by atoms with van der Waals surface area (Å²) in [7, 11) is 0. The lowest BCUT2D eigenvalue weighted by molar-refractivity contribution is 0.517. The minimum atomic E-state index is -0.586. The summed E-state index contributed by atoms with van der Waals surface area (Å²) < 4.78 is 0. The molecule has 70 valence electrons. The first kappa shape index (κ1) is 9.75. The van der Waals surface area contributed by atoms with Crippen molar-refractivity contribution < 1.29 is 0 Å². The Balaban J connectivity index is 2.59. The number of rotatable bonds is 1. The summed E-state index contributed by atoms with van der Waals surface area (Å²) in [6, 6.07) is 0. The van der Waals surface area contributed by atoms with Gasteiger partial charge in [-0.2, -0.15) is 0 Å². The third kappa shape index (κ3) is 2.95. The quantitative estimate of drug-likeness (QED) is 0.464. The van der Waals surface area contributed by atoms with Crippen LogP contribution in [0.2, 0.25) is 0 Å². The van der Waals surface area contributed by atoms with Crippen LogP contribution in [0.4, 0.5) is 0 Å². The van der Waals surface area contributed by atoms with E-state index in [9.17, 15) is 0 Å². The highest BCUT2D eigenvalue weighted by molar-refractivity contribution is 5.15. The van der Waals surface area contributed by atoms with Gasteiger partial charge in [0.15, 0.2) is 0 Å². The molecule has 0 amide bonds. The molecule has 0 aromatic heterocycles.